The number of ether oxygens (including phenoxy) is 1. The van der Waals surface area contributed by atoms with Crippen molar-refractivity contribution in [2.45, 2.75) is 45.1 Å². The fourth-order valence-corrected chi connectivity index (χ4v) is 3.10. The van der Waals surface area contributed by atoms with E-state index in [2.05, 4.69) is 6.92 Å². The monoisotopic (exact) mass is 211 g/mol. The van der Waals surface area contributed by atoms with Gasteiger partial charge >= 0.3 is 5.97 Å². The molecule has 0 aliphatic heterocycles. The average molecular weight is 211 g/mol. The molecule has 2 aliphatic rings. The minimum atomic E-state index is -0.0387. The maximum Gasteiger partial charge on any atom is 0.310 e. The van der Waals surface area contributed by atoms with Crippen LogP contribution in [-0.4, -0.2) is 18.6 Å². The molecule has 0 radical (unpaired) electrons. The number of esters is 1. The van der Waals surface area contributed by atoms with Crippen molar-refractivity contribution >= 4 is 5.97 Å². The number of fused-ring (bicyclic) bond motifs is 2. The second-order valence-corrected chi connectivity index (χ2v) is 4.96. The quantitative estimate of drug-likeness (QED) is 0.569. The van der Waals surface area contributed by atoms with Gasteiger partial charge in [-0.1, -0.05) is 13.3 Å². The highest BCUT2D eigenvalue weighted by atomic mass is 16.5. The van der Waals surface area contributed by atoms with Crippen LogP contribution in [0.1, 0.15) is 39.0 Å². The van der Waals surface area contributed by atoms with Crippen LogP contribution in [0.15, 0.2) is 0 Å². The summed E-state index contributed by atoms with van der Waals surface area (Å²) in [4.78, 5) is 11.8. The van der Waals surface area contributed by atoms with Gasteiger partial charge in [0.25, 0.3) is 0 Å². The van der Waals surface area contributed by atoms with Crippen LogP contribution in [0.2, 0.25) is 0 Å². The van der Waals surface area contributed by atoms with Crippen LogP contribution in [-0.2, 0) is 9.53 Å². The predicted molar refractivity (Wildman–Crippen MR) is 58.2 cm³/mol. The molecule has 0 spiro atoms. The van der Waals surface area contributed by atoms with Crippen LogP contribution in [0, 0.1) is 17.8 Å². The number of hydrogen-bond acceptors (Lipinski definition) is 3. The second kappa shape index (κ2) is 4.52. The molecule has 0 aromatic heterocycles. The first kappa shape index (κ1) is 10.9. The van der Waals surface area contributed by atoms with Crippen LogP contribution < -0.4 is 5.73 Å². The number of rotatable bonds is 4. The summed E-state index contributed by atoms with van der Waals surface area (Å²) in [5.74, 6) is 1.06. The van der Waals surface area contributed by atoms with Gasteiger partial charge in [-0.3, -0.25) is 4.79 Å². The average Bonchev–Trinajstić information content (AvgIpc) is 2.78. The van der Waals surface area contributed by atoms with Crippen LogP contribution in [0.5, 0.6) is 0 Å². The van der Waals surface area contributed by atoms with Gasteiger partial charge in [0.05, 0.1) is 12.5 Å². The number of hydrogen-bond donors (Lipinski definition) is 1. The Kier molecular flexibility index (Phi) is 3.29. The molecule has 86 valence electrons. The highest BCUT2D eigenvalue weighted by molar-refractivity contribution is 5.74. The highest BCUT2D eigenvalue weighted by Gasteiger charge is 2.49. The zero-order chi connectivity index (χ0) is 10.8. The van der Waals surface area contributed by atoms with Gasteiger partial charge in [-0.05, 0) is 37.5 Å². The molecule has 15 heavy (non-hydrogen) atoms. The summed E-state index contributed by atoms with van der Waals surface area (Å²) in [5.41, 5.74) is 6.07. The molecule has 0 heterocycles. The second-order valence-electron chi connectivity index (χ2n) is 4.96. The molecule has 2 rings (SSSR count). The standard InChI is InChI=1S/C12H21NO2/c1-2-3-6-15-12(14)10-8-4-5-9(7-8)11(10)13/h8-11H,2-7,13H2,1H3. The smallest absolute Gasteiger partial charge is 0.310 e. The van der Waals surface area contributed by atoms with Crippen molar-refractivity contribution in [1.82, 2.24) is 0 Å². The van der Waals surface area contributed by atoms with Gasteiger partial charge in [0.15, 0.2) is 0 Å². The van der Waals surface area contributed by atoms with E-state index in [-0.39, 0.29) is 17.9 Å². The largest absolute Gasteiger partial charge is 0.465 e. The summed E-state index contributed by atoms with van der Waals surface area (Å²) in [6.45, 7) is 2.66. The number of carbonyl (C=O) groups is 1. The Bertz CT molecular complexity index is 240. The van der Waals surface area contributed by atoms with Gasteiger partial charge in [0, 0.05) is 6.04 Å². The third kappa shape index (κ3) is 2.03. The third-order valence-corrected chi connectivity index (χ3v) is 3.99. The van der Waals surface area contributed by atoms with Crippen LogP contribution >= 0.6 is 0 Å². The first-order valence-electron chi connectivity index (χ1n) is 6.16. The summed E-state index contributed by atoms with van der Waals surface area (Å²) >= 11 is 0. The highest BCUT2D eigenvalue weighted by Crippen LogP contribution is 2.47. The maximum atomic E-state index is 11.8. The predicted octanol–water partition coefficient (Wildman–Crippen LogP) is 1.70. The fraction of sp³-hybridized carbons (Fsp3) is 0.917. The van der Waals surface area contributed by atoms with Gasteiger partial charge < -0.3 is 10.5 Å². The van der Waals surface area contributed by atoms with Crippen LogP contribution in [0.3, 0.4) is 0 Å². The van der Waals surface area contributed by atoms with E-state index < -0.39 is 0 Å². The molecule has 4 unspecified atom stereocenters. The van der Waals surface area contributed by atoms with Crippen molar-refractivity contribution < 1.29 is 9.53 Å². The topological polar surface area (TPSA) is 52.3 Å². The van der Waals surface area contributed by atoms with E-state index in [1.165, 1.54) is 12.8 Å². The van der Waals surface area contributed by atoms with Gasteiger partial charge in [-0.15, -0.1) is 0 Å². The zero-order valence-corrected chi connectivity index (χ0v) is 9.45. The summed E-state index contributed by atoms with van der Waals surface area (Å²) in [6, 6.07) is 0.0675. The summed E-state index contributed by atoms with van der Waals surface area (Å²) in [5, 5.41) is 0. The molecule has 3 heteroatoms. The van der Waals surface area contributed by atoms with Gasteiger partial charge in [-0.25, -0.2) is 0 Å². The lowest BCUT2D eigenvalue weighted by atomic mass is 9.85. The Morgan fingerprint density at radius 3 is 2.73 bits per heavy atom. The van der Waals surface area contributed by atoms with E-state index in [0.29, 0.717) is 18.4 Å². The molecular weight excluding hydrogens is 190 g/mol. The maximum absolute atomic E-state index is 11.8. The number of carbonyl (C=O) groups excluding carboxylic acids is 1. The summed E-state index contributed by atoms with van der Waals surface area (Å²) in [7, 11) is 0. The third-order valence-electron chi connectivity index (χ3n) is 3.99. The fourth-order valence-electron chi connectivity index (χ4n) is 3.10. The molecule has 2 bridgehead atoms. The lowest BCUT2D eigenvalue weighted by Crippen LogP contribution is -2.41. The molecule has 0 aromatic rings. The molecule has 2 N–H and O–H groups in total. The minimum Gasteiger partial charge on any atom is -0.465 e. The molecule has 0 aromatic carbocycles. The molecule has 3 nitrogen and oxygen atoms in total. The summed E-state index contributed by atoms with van der Waals surface area (Å²) < 4.78 is 5.27. The molecule has 4 atom stereocenters. The lowest BCUT2D eigenvalue weighted by molar-refractivity contribution is -0.151. The van der Waals surface area contributed by atoms with Crippen LogP contribution in [0.4, 0.5) is 0 Å². The van der Waals surface area contributed by atoms with Crippen molar-refractivity contribution in [3.05, 3.63) is 0 Å². The van der Waals surface area contributed by atoms with Crippen molar-refractivity contribution in [2.75, 3.05) is 6.61 Å². The lowest BCUT2D eigenvalue weighted by Gasteiger charge is -2.26. The Balaban J connectivity index is 1.85. The first-order valence-corrected chi connectivity index (χ1v) is 6.16. The van der Waals surface area contributed by atoms with E-state index in [1.54, 1.807) is 0 Å². The zero-order valence-electron chi connectivity index (χ0n) is 9.45. The minimum absolute atomic E-state index is 0.000561. The molecule has 2 aliphatic carbocycles. The van der Waals surface area contributed by atoms with E-state index in [1.807, 2.05) is 0 Å². The van der Waals surface area contributed by atoms with Crippen molar-refractivity contribution in [1.29, 1.82) is 0 Å². The van der Waals surface area contributed by atoms with Crippen molar-refractivity contribution in [3.63, 3.8) is 0 Å². The van der Waals surface area contributed by atoms with E-state index in [9.17, 15) is 4.79 Å². The molecule has 2 fully saturated rings. The first-order chi connectivity index (χ1) is 7.24. The van der Waals surface area contributed by atoms with Crippen LogP contribution in [0.25, 0.3) is 0 Å². The Morgan fingerprint density at radius 1 is 1.40 bits per heavy atom. The Labute approximate surface area is 91.4 Å². The van der Waals surface area contributed by atoms with E-state index >= 15 is 0 Å². The van der Waals surface area contributed by atoms with E-state index in [0.717, 1.165) is 19.3 Å². The SMILES string of the molecule is CCCCOC(=O)C1C2CCC(C2)C1N. The van der Waals surface area contributed by atoms with Crippen molar-refractivity contribution in [2.24, 2.45) is 23.5 Å². The number of unbranched alkanes of at least 4 members (excludes halogenated alkanes) is 1. The summed E-state index contributed by atoms with van der Waals surface area (Å²) in [6.07, 6.45) is 5.56. The normalized spacial score (nSPS) is 38.3. The van der Waals surface area contributed by atoms with Gasteiger partial charge in [0.1, 0.15) is 0 Å². The Morgan fingerprint density at radius 2 is 2.13 bits per heavy atom. The Hall–Kier alpha value is -0.570. The van der Waals surface area contributed by atoms with Gasteiger partial charge in [0.2, 0.25) is 0 Å². The molecule has 0 amide bonds. The van der Waals surface area contributed by atoms with E-state index in [4.69, 9.17) is 10.5 Å². The van der Waals surface area contributed by atoms with Crippen molar-refractivity contribution in [3.8, 4) is 0 Å². The molecule has 2 saturated carbocycles. The van der Waals surface area contributed by atoms with Gasteiger partial charge in [-0.2, -0.15) is 0 Å². The number of nitrogens with two attached hydrogens (primary N) is 1. The molecular formula is C12H21NO2. The molecule has 0 saturated heterocycles.